The van der Waals surface area contributed by atoms with E-state index in [1.165, 1.54) is 188 Å². The molecule has 0 nitrogen and oxygen atoms in total. The number of fused-ring (bicyclic) bond motifs is 6. The fourth-order valence-corrected chi connectivity index (χ4v) is 13.6. The Kier molecular flexibility index (Phi) is 27.3. The first kappa shape index (κ1) is 75.5. The standard InChI is InChI=1S/2C23H29.2C15H14.2C5H5.2ClH.2Zr/c2*1-14-9-16-11-17-10-15(2)21(23(6,7)8)13-19(17)18(16)12-20(14)22(3,4)5;2*1-12-3-7-14(8-4-12)11-15-9-5-13(2)6-10-15;2*1-2-4-5-3-1;;;;/h2*9,12-13H,11H2,1-8H3;2*3-10H,1-2H3;2*1-3H,4H2;2*1H;;/q2*-1;;;2*-1;;;2*+2/p-2. The second-order valence-corrected chi connectivity index (χ2v) is 31.1. The molecule has 0 spiro atoms. The molecule has 0 N–H and O–H groups in total. The second kappa shape index (κ2) is 32.6. The molecule has 0 radical (unpaired) electrons. The van der Waals surface area contributed by atoms with Gasteiger partial charge in [-0.05, 0) is 70.9 Å². The van der Waals surface area contributed by atoms with Gasteiger partial charge in [-0.25, -0.2) is 24.3 Å². The van der Waals surface area contributed by atoms with Crippen LogP contribution in [0.2, 0.25) is 0 Å². The van der Waals surface area contributed by atoms with Crippen molar-refractivity contribution in [2.24, 2.45) is 0 Å². The van der Waals surface area contributed by atoms with Gasteiger partial charge in [-0.3, -0.25) is 12.2 Å². The summed E-state index contributed by atoms with van der Waals surface area (Å²) in [7, 11) is 0. The predicted octanol–water partition coefficient (Wildman–Crippen LogP) is 16.0. The normalized spacial score (nSPS) is 12.7. The van der Waals surface area contributed by atoms with Crippen LogP contribution in [0.3, 0.4) is 0 Å². The average molecular weight is 1380 g/mol. The zero-order valence-electron chi connectivity index (χ0n) is 57.8. The molecule has 90 heavy (non-hydrogen) atoms. The number of aryl methyl sites for hydroxylation is 8. The van der Waals surface area contributed by atoms with E-state index < -0.39 is 0 Å². The Morgan fingerprint density at radius 2 is 0.600 bits per heavy atom. The van der Waals surface area contributed by atoms with Crippen LogP contribution in [0, 0.1) is 79.7 Å². The molecule has 0 bridgehead atoms. The summed E-state index contributed by atoms with van der Waals surface area (Å²) in [4.78, 5) is 0. The van der Waals surface area contributed by atoms with Gasteiger partial charge in [0, 0.05) is 0 Å². The Balaban J connectivity index is 0.000000207. The monoisotopic (exact) mass is 1380 g/mol. The molecule has 8 aromatic carbocycles. The minimum absolute atomic E-state index is 0. The molecule has 0 aliphatic heterocycles. The van der Waals surface area contributed by atoms with Crippen LogP contribution in [0.5, 0.6) is 0 Å². The third-order valence-corrected chi connectivity index (χ3v) is 19.5. The number of hydrogen-bond donors (Lipinski definition) is 0. The summed E-state index contributed by atoms with van der Waals surface area (Å²) >= 11 is 2.93. The van der Waals surface area contributed by atoms with Crippen LogP contribution in [0.1, 0.15) is 207 Å². The van der Waals surface area contributed by atoms with E-state index in [1.54, 1.807) is 0 Å². The summed E-state index contributed by atoms with van der Waals surface area (Å²) in [5, 5.41) is 0. The number of halogens is 2. The van der Waals surface area contributed by atoms with E-state index in [0.717, 1.165) is 25.7 Å². The maximum Gasteiger partial charge on any atom is -0.109 e. The van der Waals surface area contributed by atoms with E-state index in [-0.39, 0.29) is 46.5 Å². The van der Waals surface area contributed by atoms with Gasteiger partial charge in [0.15, 0.2) is 0 Å². The quantitative estimate of drug-likeness (QED) is 0.154. The molecule has 0 fully saturated rings. The van der Waals surface area contributed by atoms with Crippen molar-refractivity contribution in [3.63, 3.8) is 0 Å². The van der Waals surface area contributed by atoms with E-state index in [0.29, 0.717) is 0 Å². The molecule has 0 aromatic heterocycles. The van der Waals surface area contributed by atoms with Gasteiger partial charge in [0.2, 0.25) is 0 Å². The third-order valence-electron chi connectivity index (χ3n) is 16.7. The summed E-state index contributed by atoms with van der Waals surface area (Å²) in [5.74, 6) is 0. The van der Waals surface area contributed by atoms with Crippen LogP contribution >= 0.6 is 0 Å². The molecule has 4 heteroatoms. The molecule has 0 saturated carbocycles. The Hall–Kier alpha value is -5.19. The van der Waals surface area contributed by atoms with Crippen molar-refractivity contribution in [3.05, 3.63) is 305 Å². The zero-order valence-corrected chi connectivity index (χ0v) is 64.2. The minimum atomic E-state index is 0. The molecule has 0 atom stereocenters. The molecular weight excluding hydrogens is 1290 g/mol. The molecule has 0 amide bonds. The van der Waals surface area contributed by atoms with Gasteiger partial charge >= 0.3 is 224 Å². The van der Waals surface area contributed by atoms with Crippen LogP contribution in [0.15, 0.2) is 170 Å². The average Bonchev–Trinajstić information content (AvgIpc) is 1.62. The van der Waals surface area contributed by atoms with Crippen LogP contribution in [0.25, 0.3) is 22.3 Å². The van der Waals surface area contributed by atoms with Gasteiger partial charge in [0.05, 0.1) is 0 Å². The summed E-state index contributed by atoms with van der Waals surface area (Å²) < 4.78 is 2.85. The Labute approximate surface area is 587 Å². The molecule has 0 saturated heterocycles. The van der Waals surface area contributed by atoms with Crippen LogP contribution in [-0.4, -0.2) is 6.41 Å². The summed E-state index contributed by atoms with van der Waals surface area (Å²) in [6, 6.07) is 56.9. The first-order valence-corrected chi connectivity index (χ1v) is 34.1. The molecule has 0 unspecified atom stereocenters. The molecule has 4 aliphatic rings. The van der Waals surface area contributed by atoms with E-state index in [2.05, 4.69) is 308 Å². The molecule has 464 valence electrons. The van der Waals surface area contributed by atoms with Gasteiger partial charge in [0.1, 0.15) is 0 Å². The van der Waals surface area contributed by atoms with Gasteiger partial charge < -0.3 is 24.8 Å². The third kappa shape index (κ3) is 20.4. The SMILES string of the molecule is Cc1[c-]c2c(cc1C(C)(C)C)-c1cc(C(C)(C)C)c(C)cc1C2.Cc1[c-]c2c(cc1C(C)(C)C)-c1cc(C(C)(C)C)c(C)cc1C2.Cc1ccc([C](=[Zr+2])c2ccc(C)cc2)cc1.Cc1ccc([C](=[Zr+2])c2ccc(C)cc2)cc1.[C-]1=CC=CC1.[C-]1=CC=CC1.[Cl-].[Cl-]. The van der Waals surface area contributed by atoms with E-state index in [4.69, 9.17) is 0 Å². The van der Waals surface area contributed by atoms with Gasteiger partial charge in [-0.15, -0.1) is 46.2 Å². The van der Waals surface area contributed by atoms with E-state index >= 15 is 0 Å². The number of benzene rings is 8. The Morgan fingerprint density at radius 3 is 0.811 bits per heavy atom. The van der Waals surface area contributed by atoms with Crippen LogP contribution in [-0.2, 0) is 83.0 Å². The molecule has 12 rings (SSSR count). The first-order valence-electron chi connectivity index (χ1n) is 31.6. The van der Waals surface area contributed by atoms with Crippen LogP contribution in [0.4, 0.5) is 0 Å². The fraction of sp³-hybridized carbons (Fsp3) is 0.326. The van der Waals surface area contributed by atoms with E-state index in [9.17, 15) is 0 Å². The number of hydrogen-bond acceptors (Lipinski definition) is 0. The van der Waals surface area contributed by atoms with Gasteiger partial charge in [-0.1, -0.05) is 143 Å². The van der Waals surface area contributed by atoms with Crippen molar-refractivity contribution in [2.75, 3.05) is 0 Å². The largest absolute Gasteiger partial charge is 1.00 e. The molecule has 4 aliphatic carbocycles. The van der Waals surface area contributed by atoms with Crippen LogP contribution < -0.4 is 24.8 Å². The summed E-state index contributed by atoms with van der Waals surface area (Å²) in [5.41, 5.74) is 33.8. The summed E-state index contributed by atoms with van der Waals surface area (Å²) in [6.45, 7) is 45.0. The minimum Gasteiger partial charge on any atom is -1.00 e. The maximum atomic E-state index is 3.69. The van der Waals surface area contributed by atoms with Gasteiger partial charge in [-0.2, -0.15) is 47.5 Å². The number of allylic oxidation sites excluding steroid dienone is 8. The van der Waals surface area contributed by atoms with Gasteiger partial charge in [0.25, 0.3) is 0 Å². The van der Waals surface area contributed by atoms with Crippen molar-refractivity contribution in [2.45, 2.75) is 186 Å². The first-order chi connectivity index (χ1) is 41.3. The maximum absolute atomic E-state index is 3.69. The van der Waals surface area contributed by atoms with Crippen molar-refractivity contribution in [3.8, 4) is 22.3 Å². The zero-order chi connectivity index (χ0) is 64.5. The molecular formula is C86H96Cl2Zr2-2. The van der Waals surface area contributed by atoms with E-state index in [1.807, 2.05) is 24.3 Å². The predicted molar refractivity (Wildman–Crippen MR) is 375 cm³/mol. The topological polar surface area (TPSA) is 0 Å². The van der Waals surface area contributed by atoms with Crippen molar-refractivity contribution < 1.29 is 73.3 Å². The molecule has 0 heterocycles. The number of rotatable bonds is 4. The molecule has 8 aromatic rings. The smallest absolute Gasteiger partial charge is 0.109 e. The Bertz CT molecular complexity index is 3380. The Morgan fingerprint density at radius 1 is 0.344 bits per heavy atom. The second-order valence-electron chi connectivity index (χ2n) is 28.6. The van der Waals surface area contributed by atoms with Crippen molar-refractivity contribution >= 4 is 6.41 Å². The van der Waals surface area contributed by atoms with Crippen molar-refractivity contribution in [1.82, 2.24) is 0 Å². The fourth-order valence-electron chi connectivity index (χ4n) is 11.9. The summed E-state index contributed by atoms with van der Waals surface area (Å²) in [6.07, 6.45) is 22.1. The van der Waals surface area contributed by atoms with Crippen molar-refractivity contribution in [1.29, 1.82) is 0 Å².